The van der Waals surface area contributed by atoms with Crippen molar-refractivity contribution >= 4 is 5.96 Å². The van der Waals surface area contributed by atoms with Gasteiger partial charge >= 0.3 is 0 Å². The average molecular weight is 364 g/mol. The van der Waals surface area contributed by atoms with Gasteiger partial charge in [0.1, 0.15) is 5.75 Å². The molecule has 0 radical (unpaired) electrons. The van der Waals surface area contributed by atoms with Crippen LogP contribution < -0.4 is 15.4 Å². The lowest BCUT2D eigenvalue weighted by atomic mass is 10.0. The predicted octanol–water partition coefficient (Wildman–Crippen LogP) is 3.64. The van der Waals surface area contributed by atoms with Gasteiger partial charge in [-0.25, -0.2) is 4.99 Å². The van der Waals surface area contributed by atoms with E-state index >= 15 is 0 Å². The number of guanidine groups is 1. The van der Waals surface area contributed by atoms with Crippen LogP contribution in [0.25, 0.3) is 0 Å². The number of benzene rings is 1. The molecule has 1 aromatic carbocycles. The summed E-state index contributed by atoms with van der Waals surface area (Å²) in [6, 6.07) is 6.26. The second kappa shape index (κ2) is 12.6. The van der Waals surface area contributed by atoms with Crippen LogP contribution in [0.5, 0.6) is 5.75 Å². The molecule has 5 nitrogen and oxygen atoms in total. The summed E-state index contributed by atoms with van der Waals surface area (Å²) in [6.07, 6.45) is 3.19. The fourth-order valence-electron chi connectivity index (χ4n) is 2.84. The van der Waals surface area contributed by atoms with Gasteiger partial charge in [-0.3, -0.25) is 0 Å². The highest BCUT2D eigenvalue weighted by atomic mass is 16.5. The second-order valence-electron chi connectivity index (χ2n) is 7.02. The van der Waals surface area contributed by atoms with E-state index in [4.69, 9.17) is 9.73 Å². The maximum Gasteiger partial charge on any atom is 0.191 e. The van der Waals surface area contributed by atoms with Gasteiger partial charge in [0.15, 0.2) is 5.96 Å². The number of ether oxygens (including phenoxy) is 1. The van der Waals surface area contributed by atoms with Crippen LogP contribution in [0, 0.1) is 12.8 Å². The van der Waals surface area contributed by atoms with Crippen LogP contribution >= 0.6 is 0 Å². The Labute approximate surface area is 159 Å². The third kappa shape index (κ3) is 8.56. The van der Waals surface area contributed by atoms with E-state index in [9.17, 15) is 5.11 Å². The van der Waals surface area contributed by atoms with E-state index in [0.717, 1.165) is 49.6 Å². The largest absolute Gasteiger partial charge is 0.491 e. The summed E-state index contributed by atoms with van der Waals surface area (Å²) in [5.41, 5.74) is 2.27. The Morgan fingerprint density at radius 3 is 2.58 bits per heavy atom. The molecule has 0 bridgehead atoms. The van der Waals surface area contributed by atoms with Crippen molar-refractivity contribution in [2.24, 2.45) is 10.9 Å². The Morgan fingerprint density at radius 2 is 1.96 bits per heavy atom. The van der Waals surface area contributed by atoms with Crippen molar-refractivity contribution in [1.82, 2.24) is 10.6 Å². The first-order chi connectivity index (χ1) is 12.5. The molecule has 0 saturated heterocycles. The van der Waals surface area contributed by atoms with Crippen LogP contribution in [0.15, 0.2) is 23.2 Å². The summed E-state index contributed by atoms with van der Waals surface area (Å²) in [5, 5.41) is 15.9. The number of nitrogens with zero attached hydrogens (tertiary/aromatic N) is 1. The molecule has 0 aliphatic heterocycles. The Morgan fingerprint density at radius 1 is 1.19 bits per heavy atom. The molecule has 26 heavy (non-hydrogen) atoms. The van der Waals surface area contributed by atoms with Crippen LogP contribution in [0.1, 0.15) is 58.1 Å². The molecular formula is C21H37N3O2. The molecule has 1 unspecified atom stereocenters. The van der Waals surface area contributed by atoms with Gasteiger partial charge in [0, 0.05) is 25.3 Å². The van der Waals surface area contributed by atoms with Crippen molar-refractivity contribution < 1.29 is 9.84 Å². The van der Waals surface area contributed by atoms with Crippen molar-refractivity contribution in [3.05, 3.63) is 29.3 Å². The number of aryl methyl sites for hydroxylation is 1. The Balaban J connectivity index is 2.79. The van der Waals surface area contributed by atoms with Gasteiger partial charge in [0.05, 0.1) is 12.6 Å². The molecule has 148 valence electrons. The van der Waals surface area contributed by atoms with E-state index in [1.54, 1.807) is 0 Å². The van der Waals surface area contributed by atoms with Gasteiger partial charge in [0.2, 0.25) is 0 Å². The minimum Gasteiger partial charge on any atom is -0.491 e. The third-order valence-corrected chi connectivity index (χ3v) is 4.13. The second-order valence-corrected chi connectivity index (χ2v) is 7.02. The van der Waals surface area contributed by atoms with E-state index in [1.807, 2.05) is 13.8 Å². The highest BCUT2D eigenvalue weighted by Crippen LogP contribution is 2.22. The Hall–Kier alpha value is -1.75. The van der Waals surface area contributed by atoms with E-state index in [1.165, 1.54) is 5.56 Å². The number of aliphatic hydroxyl groups excluding tert-OH is 1. The quantitative estimate of drug-likeness (QED) is 0.415. The van der Waals surface area contributed by atoms with E-state index in [0.29, 0.717) is 12.5 Å². The number of aliphatic hydroxyl groups is 1. The summed E-state index contributed by atoms with van der Waals surface area (Å²) in [5.74, 6) is 2.18. The van der Waals surface area contributed by atoms with Gasteiger partial charge in [0.25, 0.3) is 0 Å². The number of rotatable bonds is 11. The van der Waals surface area contributed by atoms with Crippen LogP contribution in [0.3, 0.4) is 0 Å². The Bertz CT molecular complexity index is 538. The molecule has 0 aliphatic carbocycles. The monoisotopic (exact) mass is 363 g/mol. The fraction of sp³-hybridized carbons (Fsp3) is 0.667. The van der Waals surface area contributed by atoms with E-state index in [2.05, 4.69) is 49.6 Å². The Kier molecular flexibility index (Phi) is 10.8. The van der Waals surface area contributed by atoms with Crippen molar-refractivity contribution in [3.8, 4) is 5.75 Å². The first-order valence-corrected chi connectivity index (χ1v) is 9.89. The molecule has 1 aromatic rings. The van der Waals surface area contributed by atoms with Crippen LogP contribution in [-0.2, 0) is 6.54 Å². The lowest BCUT2D eigenvalue weighted by Gasteiger charge is -2.18. The topological polar surface area (TPSA) is 65.9 Å². The minimum absolute atomic E-state index is 0.138. The average Bonchev–Trinajstić information content (AvgIpc) is 2.58. The first-order valence-electron chi connectivity index (χ1n) is 9.89. The molecule has 0 saturated carbocycles. The molecule has 3 N–H and O–H groups in total. The standard InChI is InChI=1S/C21H37N3O2/c1-6-8-18(11-12-25)14-23-21(22-7-2)24-15-19-10-9-17(5)13-20(19)26-16(3)4/h9-10,13,16,18,25H,6-8,11-12,14-15H2,1-5H3,(H2,22,23,24). The summed E-state index contributed by atoms with van der Waals surface area (Å²) in [6.45, 7) is 12.8. The molecule has 0 heterocycles. The zero-order valence-corrected chi connectivity index (χ0v) is 17.1. The van der Waals surface area contributed by atoms with E-state index < -0.39 is 0 Å². The number of hydrogen-bond acceptors (Lipinski definition) is 3. The highest BCUT2D eigenvalue weighted by molar-refractivity contribution is 5.79. The summed E-state index contributed by atoms with van der Waals surface area (Å²) in [4.78, 5) is 4.73. The first kappa shape index (κ1) is 22.3. The molecule has 0 amide bonds. The van der Waals surface area contributed by atoms with Gasteiger partial charge in [-0.15, -0.1) is 0 Å². The summed E-state index contributed by atoms with van der Waals surface area (Å²) < 4.78 is 5.94. The van der Waals surface area contributed by atoms with Crippen molar-refractivity contribution in [3.63, 3.8) is 0 Å². The molecule has 0 aliphatic rings. The van der Waals surface area contributed by atoms with Gasteiger partial charge < -0.3 is 20.5 Å². The summed E-state index contributed by atoms with van der Waals surface area (Å²) >= 11 is 0. The predicted molar refractivity (Wildman–Crippen MR) is 110 cm³/mol. The van der Waals surface area contributed by atoms with E-state index in [-0.39, 0.29) is 12.7 Å². The maximum atomic E-state index is 9.22. The summed E-state index contributed by atoms with van der Waals surface area (Å²) in [7, 11) is 0. The molecule has 1 atom stereocenters. The van der Waals surface area contributed by atoms with Gasteiger partial charge in [-0.05, 0) is 58.1 Å². The minimum atomic E-state index is 0.138. The molecule has 0 fully saturated rings. The van der Waals surface area contributed by atoms with Crippen LogP contribution in [0.2, 0.25) is 0 Å². The third-order valence-electron chi connectivity index (χ3n) is 4.13. The highest BCUT2D eigenvalue weighted by Gasteiger charge is 2.09. The lowest BCUT2D eigenvalue weighted by Crippen LogP contribution is -2.40. The van der Waals surface area contributed by atoms with Gasteiger partial charge in [-0.1, -0.05) is 25.5 Å². The number of hydrogen-bond donors (Lipinski definition) is 3. The normalized spacial score (nSPS) is 13.0. The zero-order valence-electron chi connectivity index (χ0n) is 17.1. The number of aliphatic imine (C=N–C) groups is 1. The molecular weight excluding hydrogens is 326 g/mol. The van der Waals surface area contributed by atoms with Crippen molar-refractivity contribution in [1.29, 1.82) is 0 Å². The lowest BCUT2D eigenvalue weighted by molar-refractivity contribution is 0.240. The van der Waals surface area contributed by atoms with Crippen molar-refractivity contribution in [2.75, 3.05) is 19.7 Å². The fourth-order valence-corrected chi connectivity index (χ4v) is 2.84. The van der Waals surface area contributed by atoms with Crippen LogP contribution in [-0.4, -0.2) is 36.9 Å². The SMILES string of the molecule is CCCC(CCO)CNC(=NCc1ccc(C)cc1OC(C)C)NCC. The van der Waals surface area contributed by atoms with Gasteiger partial charge in [-0.2, -0.15) is 0 Å². The van der Waals surface area contributed by atoms with Crippen LogP contribution in [0.4, 0.5) is 0 Å². The zero-order chi connectivity index (χ0) is 19.4. The maximum absolute atomic E-state index is 9.22. The molecule has 1 rings (SSSR count). The number of nitrogens with one attached hydrogen (secondary N) is 2. The molecule has 0 aromatic heterocycles. The van der Waals surface area contributed by atoms with Crippen molar-refractivity contribution in [2.45, 2.75) is 66.5 Å². The molecule has 0 spiro atoms. The molecule has 5 heteroatoms. The smallest absolute Gasteiger partial charge is 0.191 e.